The second-order valence-corrected chi connectivity index (χ2v) is 5.89. The number of methoxy groups -OCH3 is 1. The summed E-state index contributed by atoms with van der Waals surface area (Å²) in [5, 5.41) is 12.5. The van der Waals surface area contributed by atoms with Gasteiger partial charge in [0.25, 0.3) is 0 Å². The summed E-state index contributed by atoms with van der Waals surface area (Å²) in [5.74, 6) is -0.0681. The van der Waals surface area contributed by atoms with Crippen molar-refractivity contribution in [2.75, 3.05) is 7.11 Å². The van der Waals surface area contributed by atoms with Gasteiger partial charge in [-0.1, -0.05) is 32.1 Å². The molecular formula is C15H24N2O2. The molecule has 0 radical (unpaired) electrons. The molecule has 2 saturated carbocycles. The number of nitrogens with zero attached hydrogens (tertiary/aromatic N) is 1. The first-order chi connectivity index (χ1) is 9.22. The van der Waals surface area contributed by atoms with E-state index in [1.165, 1.54) is 6.42 Å². The van der Waals surface area contributed by atoms with Gasteiger partial charge in [0.2, 0.25) is 5.91 Å². The Bertz CT molecular complexity index is 356. The van der Waals surface area contributed by atoms with E-state index < -0.39 is 5.41 Å². The molecule has 0 heterocycles. The van der Waals surface area contributed by atoms with Crippen LogP contribution in [0.4, 0.5) is 0 Å². The van der Waals surface area contributed by atoms with Crippen molar-refractivity contribution in [3.05, 3.63) is 0 Å². The van der Waals surface area contributed by atoms with Crippen LogP contribution in [-0.2, 0) is 9.53 Å². The summed E-state index contributed by atoms with van der Waals surface area (Å²) in [6, 6.07) is 2.34. The maximum absolute atomic E-state index is 12.5. The van der Waals surface area contributed by atoms with Crippen LogP contribution in [0.15, 0.2) is 0 Å². The molecule has 4 nitrogen and oxygen atoms in total. The maximum atomic E-state index is 12.5. The fourth-order valence-electron chi connectivity index (χ4n) is 3.40. The highest BCUT2D eigenvalue weighted by atomic mass is 16.5. The SMILES string of the molecule is CO[C@@H]1CCCCC[C@H]1NC(=O)C1(C#N)CCCC1. The molecule has 1 N–H and O–H groups in total. The first-order valence-corrected chi connectivity index (χ1v) is 7.47. The predicted molar refractivity (Wildman–Crippen MR) is 72.3 cm³/mol. The van der Waals surface area contributed by atoms with Gasteiger partial charge < -0.3 is 10.1 Å². The second kappa shape index (κ2) is 6.38. The Hall–Kier alpha value is -1.08. The molecule has 0 aromatic heterocycles. The van der Waals surface area contributed by atoms with Gasteiger partial charge in [-0.05, 0) is 25.7 Å². The summed E-state index contributed by atoms with van der Waals surface area (Å²) in [4.78, 5) is 12.5. The van der Waals surface area contributed by atoms with Crippen molar-refractivity contribution in [3.63, 3.8) is 0 Å². The van der Waals surface area contributed by atoms with Crippen molar-refractivity contribution >= 4 is 5.91 Å². The van der Waals surface area contributed by atoms with Gasteiger partial charge in [0.1, 0.15) is 5.41 Å². The van der Waals surface area contributed by atoms with E-state index in [9.17, 15) is 10.1 Å². The van der Waals surface area contributed by atoms with Crippen LogP contribution in [0, 0.1) is 16.7 Å². The van der Waals surface area contributed by atoms with Gasteiger partial charge >= 0.3 is 0 Å². The minimum atomic E-state index is -0.773. The lowest BCUT2D eigenvalue weighted by atomic mass is 9.86. The van der Waals surface area contributed by atoms with E-state index in [0.717, 1.165) is 38.5 Å². The van der Waals surface area contributed by atoms with E-state index in [-0.39, 0.29) is 18.1 Å². The third-order valence-corrected chi connectivity index (χ3v) is 4.68. The number of hydrogen-bond acceptors (Lipinski definition) is 3. The normalized spacial score (nSPS) is 30.3. The first-order valence-electron chi connectivity index (χ1n) is 7.47. The number of nitrogens with one attached hydrogen (secondary N) is 1. The van der Waals surface area contributed by atoms with Gasteiger partial charge in [-0.25, -0.2) is 0 Å². The van der Waals surface area contributed by atoms with Crippen molar-refractivity contribution in [1.29, 1.82) is 5.26 Å². The minimum Gasteiger partial charge on any atom is -0.379 e. The van der Waals surface area contributed by atoms with Crippen molar-refractivity contribution in [3.8, 4) is 6.07 Å². The minimum absolute atomic E-state index is 0.0681. The lowest BCUT2D eigenvalue weighted by Crippen LogP contribution is -2.49. The molecular weight excluding hydrogens is 240 g/mol. The first kappa shape index (κ1) is 14.3. The van der Waals surface area contributed by atoms with E-state index in [4.69, 9.17) is 4.74 Å². The van der Waals surface area contributed by atoms with Crippen LogP contribution in [-0.4, -0.2) is 25.2 Å². The van der Waals surface area contributed by atoms with Gasteiger partial charge in [0.15, 0.2) is 0 Å². The zero-order valence-corrected chi connectivity index (χ0v) is 11.8. The van der Waals surface area contributed by atoms with Crippen LogP contribution >= 0.6 is 0 Å². The van der Waals surface area contributed by atoms with Gasteiger partial charge in [0.05, 0.1) is 18.2 Å². The molecule has 106 valence electrons. The zero-order valence-electron chi connectivity index (χ0n) is 11.8. The highest BCUT2D eigenvalue weighted by Crippen LogP contribution is 2.38. The smallest absolute Gasteiger partial charge is 0.240 e. The van der Waals surface area contributed by atoms with Gasteiger partial charge in [-0.3, -0.25) is 4.79 Å². The molecule has 0 aliphatic heterocycles. The third kappa shape index (κ3) is 3.09. The summed E-state index contributed by atoms with van der Waals surface area (Å²) in [5.41, 5.74) is -0.773. The summed E-state index contributed by atoms with van der Waals surface area (Å²) < 4.78 is 5.52. The van der Waals surface area contributed by atoms with Crippen LogP contribution in [0.3, 0.4) is 0 Å². The summed E-state index contributed by atoms with van der Waals surface area (Å²) in [6.45, 7) is 0. The monoisotopic (exact) mass is 264 g/mol. The summed E-state index contributed by atoms with van der Waals surface area (Å²) in [6.07, 6.45) is 8.95. The second-order valence-electron chi connectivity index (χ2n) is 5.89. The van der Waals surface area contributed by atoms with Crippen LogP contribution in [0.5, 0.6) is 0 Å². The van der Waals surface area contributed by atoms with E-state index in [0.29, 0.717) is 12.8 Å². The predicted octanol–water partition coefficient (Wildman–Crippen LogP) is 2.53. The largest absolute Gasteiger partial charge is 0.379 e. The zero-order chi connectivity index (χ0) is 13.7. The number of carbonyl (C=O) groups excluding carboxylic acids is 1. The highest BCUT2D eigenvalue weighted by Gasteiger charge is 2.42. The summed E-state index contributed by atoms with van der Waals surface area (Å²) in [7, 11) is 1.71. The molecule has 19 heavy (non-hydrogen) atoms. The van der Waals surface area contributed by atoms with Gasteiger partial charge in [-0.15, -0.1) is 0 Å². The molecule has 0 spiro atoms. The lowest BCUT2D eigenvalue weighted by molar-refractivity contribution is -0.129. The quantitative estimate of drug-likeness (QED) is 0.797. The number of ether oxygens (including phenoxy) is 1. The van der Waals surface area contributed by atoms with E-state index >= 15 is 0 Å². The van der Waals surface area contributed by atoms with Gasteiger partial charge in [0, 0.05) is 7.11 Å². The molecule has 2 fully saturated rings. The Morgan fingerprint density at radius 3 is 2.53 bits per heavy atom. The van der Waals surface area contributed by atoms with Gasteiger partial charge in [-0.2, -0.15) is 5.26 Å². The van der Waals surface area contributed by atoms with Crippen molar-refractivity contribution < 1.29 is 9.53 Å². The lowest BCUT2D eigenvalue weighted by Gasteiger charge is -2.28. The van der Waals surface area contributed by atoms with Crippen molar-refractivity contribution in [1.82, 2.24) is 5.32 Å². The average Bonchev–Trinajstić information content (AvgIpc) is 2.81. The van der Waals surface area contributed by atoms with E-state index in [1.807, 2.05) is 0 Å². The molecule has 0 saturated heterocycles. The Morgan fingerprint density at radius 1 is 1.21 bits per heavy atom. The number of amides is 1. The average molecular weight is 264 g/mol. The van der Waals surface area contributed by atoms with Crippen LogP contribution in [0.1, 0.15) is 57.8 Å². The Labute approximate surface area is 115 Å². The van der Waals surface area contributed by atoms with Crippen LogP contribution < -0.4 is 5.32 Å². The molecule has 2 aliphatic carbocycles. The number of nitriles is 1. The van der Waals surface area contributed by atoms with E-state index in [2.05, 4.69) is 11.4 Å². The molecule has 2 atom stereocenters. The Morgan fingerprint density at radius 2 is 1.89 bits per heavy atom. The fraction of sp³-hybridized carbons (Fsp3) is 0.867. The molecule has 2 aliphatic rings. The Kier molecular flexibility index (Phi) is 4.81. The summed E-state index contributed by atoms with van der Waals surface area (Å²) >= 11 is 0. The highest BCUT2D eigenvalue weighted by molar-refractivity contribution is 5.86. The van der Waals surface area contributed by atoms with Crippen molar-refractivity contribution in [2.45, 2.75) is 69.9 Å². The van der Waals surface area contributed by atoms with Crippen LogP contribution in [0.25, 0.3) is 0 Å². The van der Waals surface area contributed by atoms with E-state index in [1.54, 1.807) is 7.11 Å². The third-order valence-electron chi connectivity index (χ3n) is 4.68. The maximum Gasteiger partial charge on any atom is 0.240 e. The molecule has 0 aromatic rings. The topological polar surface area (TPSA) is 62.1 Å². The number of carbonyl (C=O) groups is 1. The van der Waals surface area contributed by atoms with Crippen LogP contribution in [0.2, 0.25) is 0 Å². The molecule has 0 unspecified atom stereocenters. The molecule has 0 bridgehead atoms. The fourth-order valence-corrected chi connectivity index (χ4v) is 3.40. The number of hydrogen-bond donors (Lipinski definition) is 1. The van der Waals surface area contributed by atoms with Crippen molar-refractivity contribution in [2.24, 2.45) is 5.41 Å². The number of rotatable bonds is 3. The Balaban J connectivity index is 2.02. The molecule has 2 rings (SSSR count). The standard InChI is InChI=1S/C15H24N2O2/c1-19-13-8-4-2-3-7-12(13)17-14(18)15(11-16)9-5-6-10-15/h12-13H,2-10H2,1H3,(H,17,18)/t12-,13-/m1/s1. The molecule has 0 aromatic carbocycles. The molecule has 1 amide bonds. The molecule has 4 heteroatoms.